The van der Waals surface area contributed by atoms with Gasteiger partial charge in [0.1, 0.15) is 17.2 Å². The molecular formula is C33H36O3. The molecule has 0 atom stereocenters. The normalized spacial score (nSPS) is 12.1. The minimum absolute atomic E-state index is 0.248. The van der Waals surface area contributed by atoms with Crippen molar-refractivity contribution in [2.24, 2.45) is 0 Å². The molecule has 0 bridgehead atoms. The molecule has 0 aliphatic rings. The van der Waals surface area contributed by atoms with Crippen molar-refractivity contribution in [3.8, 4) is 17.2 Å². The summed E-state index contributed by atoms with van der Waals surface area (Å²) in [6.07, 6.45) is 0. The van der Waals surface area contributed by atoms with Crippen molar-refractivity contribution in [2.75, 3.05) is 0 Å². The van der Waals surface area contributed by atoms with Gasteiger partial charge >= 0.3 is 0 Å². The second kappa shape index (κ2) is 9.05. The third kappa shape index (κ3) is 4.24. The quantitative estimate of drug-likeness (QED) is 0.256. The van der Waals surface area contributed by atoms with Crippen molar-refractivity contribution in [1.29, 1.82) is 0 Å². The van der Waals surface area contributed by atoms with Crippen molar-refractivity contribution >= 4 is 0 Å². The summed E-state index contributed by atoms with van der Waals surface area (Å²) in [6.45, 7) is 14.3. The Morgan fingerprint density at radius 3 is 1.22 bits per heavy atom. The fourth-order valence-electron chi connectivity index (χ4n) is 5.14. The third-order valence-electron chi connectivity index (χ3n) is 7.94. The van der Waals surface area contributed by atoms with Crippen LogP contribution in [0.25, 0.3) is 0 Å². The summed E-state index contributed by atoms with van der Waals surface area (Å²) in [7, 11) is 0. The molecule has 0 aromatic heterocycles. The molecule has 0 heterocycles. The Hall–Kier alpha value is -3.72. The van der Waals surface area contributed by atoms with Gasteiger partial charge in [-0.2, -0.15) is 0 Å². The zero-order valence-corrected chi connectivity index (χ0v) is 22.3. The molecule has 0 saturated heterocycles. The maximum absolute atomic E-state index is 10.3. The first kappa shape index (κ1) is 25.4. The van der Waals surface area contributed by atoms with E-state index in [1.54, 1.807) is 12.1 Å². The highest BCUT2D eigenvalue weighted by Crippen LogP contribution is 2.43. The minimum Gasteiger partial charge on any atom is -0.508 e. The van der Waals surface area contributed by atoms with Gasteiger partial charge in [0.25, 0.3) is 0 Å². The van der Waals surface area contributed by atoms with E-state index < -0.39 is 5.41 Å². The maximum Gasteiger partial charge on any atom is 0.121 e. The van der Waals surface area contributed by atoms with Crippen LogP contribution in [-0.4, -0.2) is 15.3 Å². The fraction of sp³-hybridized carbons (Fsp3) is 0.273. The molecule has 4 aromatic rings. The molecule has 4 rings (SSSR count). The fourth-order valence-corrected chi connectivity index (χ4v) is 5.14. The lowest BCUT2D eigenvalue weighted by Gasteiger charge is -2.34. The molecule has 0 unspecified atom stereocenters. The molecule has 3 N–H and O–H groups in total. The Bertz CT molecular complexity index is 1350. The number of rotatable bonds is 5. The SMILES string of the molecule is Cc1cc(C(C)(c2ccc(C(C)(C)c3cc(C)c(O)c(C)c3)cc2)c2ccc(O)c(C)c2)ccc1O. The van der Waals surface area contributed by atoms with Crippen LogP contribution in [0.4, 0.5) is 0 Å². The molecule has 0 saturated carbocycles. The van der Waals surface area contributed by atoms with Crippen LogP contribution >= 0.6 is 0 Å². The molecule has 3 nitrogen and oxygen atoms in total. The number of aryl methyl sites for hydroxylation is 4. The predicted molar refractivity (Wildman–Crippen MR) is 147 cm³/mol. The van der Waals surface area contributed by atoms with Gasteiger partial charge in [-0.15, -0.1) is 0 Å². The number of hydrogen-bond donors (Lipinski definition) is 3. The zero-order chi connectivity index (χ0) is 26.4. The highest BCUT2D eigenvalue weighted by atomic mass is 16.3. The van der Waals surface area contributed by atoms with E-state index in [9.17, 15) is 15.3 Å². The molecule has 0 radical (unpaired) electrons. The Labute approximate surface area is 214 Å². The van der Waals surface area contributed by atoms with Gasteiger partial charge in [-0.25, -0.2) is 0 Å². The van der Waals surface area contributed by atoms with E-state index in [-0.39, 0.29) is 16.9 Å². The average molecular weight is 481 g/mol. The molecule has 186 valence electrons. The molecule has 0 aliphatic carbocycles. The van der Waals surface area contributed by atoms with Crippen LogP contribution in [0.15, 0.2) is 72.8 Å². The molecule has 0 amide bonds. The van der Waals surface area contributed by atoms with E-state index in [4.69, 9.17) is 0 Å². The summed E-state index contributed by atoms with van der Waals surface area (Å²) in [4.78, 5) is 0. The minimum atomic E-state index is -0.495. The number of phenols is 3. The second-order valence-corrected chi connectivity index (χ2v) is 10.8. The van der Waals surface area contributed by atoms with Gasteiger partial charge in [0.15, 0.2) is 0 Å². The van der Waals surface area contributed by atoms with Crippen LogP contribution < -0.4 is 0 Å². The summed E-state index contributed by atoms with van der Waals surface area (Å²) in [5, 5.41) is 30.6. The summed E-state index contributed by atoms with van der Waals surface area (Å²) < 4.78 is 0. The molecule has 0 spiro atoms. The molecule has 3 heteroatoms. The summed E-state index contributed by atoms with van der Waals surface area (Å²) in [5.74, 6) is 0.910. The van der Waals surface area contributed by atoms with Gasteiger partial charge in [-0.05, 0) is 96.8 Å². The van der Waals surface area contributed by atoms with Gasteiger partial charge in [0.05, 0.1) is 0 Å². The summed E-state index contributed by atoms with van der Waals surface area (Å²) in [5.41, 5.74) is 8.27. The first-order chi connectivity index (χ1) is 16.9. The van der Waals surface area contributed by atoms with Crippen LogP contribution in [0, 0.1) is 27.7 Å². The molecule has 4 aromatic carbocycles. The molecule has 0 fully saturated rings. The lowest BCUT2D eigenvalue weighted by atomic mass is 9.69. The molecule has 0 aliphatic heterocycles. The number of phenolic OH excluding ortho intramolecular Hbond substituents is 3. The van der Waals surface area contributed by atoms with Crippen LogP contribution in [-0.2, 0) is 10.8 Å². The van der Waals surface area contributed by atoms with E-state index >= 15 is 0 Å². The number of benzene rings is 4. The van der Waals surface area contributed by atoms with Crippen LogP contribution in [0.1, 0.15) is 70.8 Å². The van der Waals surface area contributed by atoms with Crippen molar-refractivity contribution in [3.63, 3.8) is 0 Å². The van der Waals surface area contributed by atoms with Gasteiger partial charge in [0.2, 0.25) is 0 Å². The van der Waals surface area contributed by atoms with Crippen LogP contribution in [0.5, 0.6) is 17.2 Å². The lowest BCUT2D eigenvalue weighted by molar-refractivity contribution is 0.465. The summed E-state index contributed by atoms with van der Waals surface area (Å²) in [6, 6.07) is 24.4. The van der Waals surface area contributed by atoms with Gasteiger partial charge in [-0.3, -0.25) is 0 Å². The van der Waals surface area contributed by atoms with E-state index in [0.29, 0.717) is 5.75 Å². The van der Waals surface area contributed by atoms with E-state index in [1.807, 2.05) is 52.0 Å². The highest BCUT2D eigenvalue weighted by molar-refractivity contribution is 5.55. The number of aromatic hydroxyl groups is 3. The standard InChI is InChI=1S/C33H36O3/c1-20-16-26(12-14-29(20)34)33(7,27-13-15-30(35)21(2)17-27)25-10-8-24(9-11-25)32(5,6)28-18-22(3)31(36)23(4)19-28/h8-19,34-36H,1-7H3. The Balaban J connectivity index is 1.85. The van der Waals surface area contributed by atoms with Crippen molar-refractivity contribution in [3.05, 3.63) is 123 Å². The second-order valence-electron chi connectivity index (χ2n) is 10.8. The highest BCUT2D eigenvalue weighted by Gasteiger charge is 2.33. The topological polar surface area (TPSA) is 60.7 Å². The first-order valence-corrected chi connectivity index (χ1v) is 12.4. The van der Waals surface area contributed by atoms with Gasteiger partial charge < -0.3 is 15.3 Å². The van der Waals surface area contributed by atoms with E-state index in [0.717, 1.165) is 44.5 Å². The summed E-state index contributed by atoms with van der Waals surface area (Å²) >= 11 is 0. The molecular weight excluding hydrogens is 444 g/mol. The van der Waals surface area contributed by atoms with Crippen LogP contribution in [0.2, 0.25) is 0 Å². The first-order valence-electron chi connectivity index (χ1n) is 12.4. The predicted octanol–water partition coefficient (Wildman–Crippen LogP) is 7.72. The van der Waals surface area contributed by atoms with Crippen LogP contribution in [0.3, 0.4) is 0 Å². The maximum atomic E-state index is 10.3. The Morgan fingerprint density at radius 1 is 0.444 bits per heavy atom. The lowest BCUT2D eigenvalue weighted by Crippen LogP contribution is -2.26. The van der Waals surface area contributed by atoms with Crippen molar-refractivity contribution in [2.45, 2.75) is 59.3 Å². The smallest absolute Gasteiger partial charge is 0.121 e. The largest absolute Gasteiger partial charge is 0.508 e. The molecule has 36 heavy (non-hydrogen) atoms. The van der Waals surface area contributed by atoms with E-state index in [1.165, 1.54) is 5.56 Å². The Morgan fingerprint density at radius 2 is 0.806 bits per heavy atom. The van der Waals surface area contributed by atoms with E-state index in [2.05, 4.69) is 57.2 Å². The van der Waals surface area contributed by atoms with Crippen molar-refractivity contribution in [1.82, 2.24) is 0 Å². The average Bonchev–Trinajstić information content (AvgIpc) is 2.85. The van der Waals surface area contributed by atoms with Gasteiger partial charge in [0, 0.05) is 10.8 Å². The third-order valence-corrected chi connectivity index (χ3v) is 7.94. The number of hydrogen-bond acceptors (Lipinski definition) is 3. The van der Waals surface area contributed by atoms with Crippen molar-refractivity contribution < 1.29 is 15.3 Å². The Kier molecular flexibility index (Phi) is 6.38. The van der Waals surface area contributed by atoms with Gasteiger partial charge in [-0.1, -0.05) is 74.5 Å². The zero-order valence-electron chi connectivity index (χ0n) is 22.3. The monoisotopic (exact) mass is 480 g/mol.